The Labute approximate surface area is 216 Å². The number of phenols is 1. The van der Waals surface area contributed by atoms with Crippen LogP contribution in [0.5, 0.6) is 5.75 Å². The first-order valence-electron chi connectivity index (χ1n) is 13.1. The topological polar surface area (TPSA) is 82.3 Å². The van der Waals surface area contributed by atoms with E-state index in [0.717, 1.165) is 19.3 Å². The minimum atomic E-state index is -3.60. The Balaban J connectivity index is 1.58. The van der Waals surface area contributed by atoms with Crippen molar-refractivity contribution in [2.75, 3.05) is 13.6 Å². The maximum atomic E-state index is 13.2. The van der Waals surface area contributed by atoms with E-state index in [2.05, 4.69) is 17.2 Å². The fourth-order valence-corrected chi connectivity index (χ4v) is 5.52. The highest BCUT2D eigenvalue weighted by atomic mass is 32.2. The van der Waals surface area contributed by atoms with Gasteiger partial charge in [-0.3, -0.25) is 0 Å². The number of azo groups is 1. The van der Waals surface area contributed by atoms with E-state index in [9.17, 15) is 13.5 Å². The lowest BCUT2D eigenvalue weighted by molar-refractivity contribution is 0.447. The van der Waals surface area contributed by atoms with Crippen molar-refractivity contribution in [3.63, 3.8) is 0 Å². The van der Waals surface area contributed by atoms with Crippen LogP contribution in [0, 0.1) is 0 Å². The van der Waals surface area contributed by atoms with E-state index >= 15 is 0 Å². The van der Waals surface area contributed by atoms with Crippen LogP contribution in [-0.4, -0.2) is 31.4 Å². The number of hydrogen-bond acceptors (Lipinski definition) is 5. The van der Waals surface area contributed by atoms with Crippen LogP contribution in [0.2, 0.25) is 0 Å². The highest BCUT2D eigenvalue weighted by Crippen LogP contribution is 2.37. The number of hydrogen-bond donors (Lipinski definition) is 1. The monoisotopic (exact) mass is 509 g/mol. The first kappa shape index (κ1) is 27.8. The minimum Gasteiger partial charge on any atom is -0.506 e. The summed E-state index contributed by atoms with van der Waals surface area (Å²) < 4.78 is 27.8. The van der Waals surface area contributed by atoms with Gasteiger partial charge in [0.1, 0.15) is 11.4 Å². The summed E-state index contributed by atoms with van der Waals surface area (Å²) in [5.41, 5.74) is 0.987. The molecule has 3 aromatic rings. The molecule has 7 heteroatoms. The van der Waals surface area contributed by atoms with E-state index in [1.807, 2.05) is 30.3 Å². The standard InChI is InChI=1S/C29H39N3O3S/c1-3-4-5-6-7-8-9-10-11-15-22-32(2)36(34,35)26-19-20-27-24(23-26)18-21-28(33)29(27)31-30-25-16-13-12-14-17-25/h12-14,16-21,23,33H,3-11,15,22H2,1-2H3. The summed E-state index contributed by atoms with van der Waals surface area (Å²) in [7, 11) is -1.96. The zero-order valence-electron chi connectivity index (χ0n) is 21.6. The average molecular weight is 510 g/mol. The largest absolute Gasteiger partial charge is 0.506 e. The molecule has 0 saturated heterocycles. The molecule has 0 unspecified atom stereocenters. The number of sulfonamides is 1. The molecule has 3 rings (SSSR count). The van der Waals surface area contributed by atoms with Gasteiger partial charge in [0.25, 0.3) is 0 Å². The van der Waals surface area contributed by atoms with Gasteiger partial charge < -0.3 is 5.11 Å². The Morgan fingerprint density at radius 3 is 2.08 bits per heavy atom. The molecule has 36 heavy (non-hydrogen) atoms. The summed E-state index contributed by atoms with van der Waals surface area (Å²) in [6, 6.07) is 17.4. The molecule has 0 radical (unpaired) electrons. The Morgan fingerprint density at radius 2 is 1.42 bits per heavy atom. The minimum absolute atomic E-state index is 0.00383. The van der Waals surface area contributed by atoms with Crippen molar-refractivity contribution in [2.24, 2.45) is 10.2 Å². The molecule has 0 aliphatic carbocycles. The molecule has 1 N–H and O–H groups in total. The van der Waals surface area contributed by atoms with Gasteiger partial charge in [-0.25, -0.2) is 12.7 Å². The van der Waals surface area contributed by atoms with Gasteiger partial charge in [-0.15, -0.1) is 5.11 Å². The second-order valence-corrected chi connectivity index (χ2v) is 11.4. The normalized spacial score (nSPS) is 12.2. The molecule has 3 aromatic carbocycles. The first-order valence-corrected chi connectivity index (χ1v) is 14.6. The number of fused-ring (bicyclic) bond motifs is 1. The van der Waals surface area contributed by atoms with Gasteiger partial charge in [0, 0.05) is 19.0 Å². The number of unbranched alkanes of at least 4 members (excludes halogenated alkanes) is 9. The molecule has 0 fully saturated rings. The van der Waals surface area contributed by atoms with Crippen LogP contribution in [0.1, 0.15) is 71.1 Å². The third-order valence-electron chi connectivity index (χ3n) is 6.50. The molecule has 0 aliphatic heterocycles. The van der Waals surface area contributed by atoms with E-state index in [-0.39, 0.29) is 10.6 Å². The van der Waals surface area contributed by atoms with Crippen LogP contribution >= 0.6 is 0 Å². The number of rotatable bonds is 15. The number of nitrogens with zero attached hydrogens (tertiary/aromatic N) is 3. The molecular weight excluding hydrogens is 470 g/mol. The van der Waals surface area contributed by atoms with E-state index in [1.165, 1.54) is 55.3 Å². The molecule has 0 bridgehead atoms. The third kappa shape index (κ3) is 7.87. The Hall–Kier alpha value is -2.77. The maximum Gasteiger partial charge on any atom is 0.242 e. The molecule has 6 nitrogen and oxygen atoms in total. The van der Waals surface area contributed by atoms with E-state index in [0.29, 0.717) is 28.7 Å². The average Bonchev–Trinajstić information content (AvgIpc) is 2.89. The quantitative estimate of drug-likeness (QED) is 0.165. The van der Waals surface area contributed by atoms with Crippen LogP contribution in [0.3, 0.4) is 0 Å². The predicted molar refractivity (Wildman–Crippen MR) is 148 cm³/mol. The summed E-state index contributed by atoms with van der Waals surface area (Å²) in [6.45, 7) is 2.74. The third-order valence-corrected chi connectivity index (χ3v) is 8.35. The lowest BCUT2D eigenvalue weighted by atomic mass is 10.1. The van der Waals surface area contributed by atoms with Crippen LogP contribution in [0.15, 0.2) is 75.8 Å². The first-order chi connectivity index (χ1) is 17.4. The van der Waals surface area contributed by atoms with Crippen molar-refractivity contribution in [2.45, 2.75) is 76.0 Å². The zero-order chi connectivity index (χ0) is 25.8. The molecular formula is C29H39N3O3S. The molecule has 0 atom stereocenters. The van der Waals surface area contributed by atoms with Gasteiger partial charge in [-0.1, -0.05) is 95.0 Å². The summed E-state index contributed by atoms with van der Waals surface area (Å²) in [4.78, 5) is 0.237. The molecule has 0 heterocycles. The highest BCUT2D eigenvalue weighted by molar-refractivity contribution is 7.89. The van der Waals surface area contributed by atoms with Crippen molar-refractivity contribution in [1.29, 1.82) is 0 Å². The van der Waals surface area contributed by atoms with Crippen molar-refractivity contribution < 1.29 is 13.5 Å². The van der Waals surface area contributed by atoms with Gasteiger partial charge in [0.05, 0.1) is 10.6 Å². The Bertz CT molecular complexity index is 1230. The smallest absolute Gasteiger partial charge is 0.242 e. The van der Waals surface area contributed by atoms with Crippen LogP contribution in [0.4, 0.5) is 11.4 Å². The number of aromatic hydroxyl groups is 1. The van der Waals surface area contributed by atoms with Crippen LogP contribution in [0.25, 0.3) is 10.8 Å². The van der Waals surface area contributed by atoms with Crippen LogP contribution in [-0.2, 0) is 10.0 Å². The number of benzene rings is 3. The maximum absolute atomic E-state index is 13.2. The van der Waals surface area contributed by atoms with Crippen LogP contribution < -0.4 is 0 Å². The fourth-order valence-electron chi connectivity index (χ4n) is 4.27. The van der Waals surface area contributed by atoms with Gasteiger partial charge in [0.2, 0.25) is 10.0 Å². The van der Waals surface area contributed by atoms with Crippen molar-refractivity contribution in [3.05, 3.63) is 60.7 Å². The lowest BCUT2D eigenvalue weighted by Gasteiger charge is -2.17. The summed E-state index contributed by atoms with van der Waals surface area (Å²) in [5.74, 6) is -0.00383. The molecule has 0 saturated carbocycles. The van der Waals surface area contributed by atoms with Gasteiger partial charge in [-0.05, 0) is 42.1 Å². The van der Waals surface area contributed by atoms with E-state index in [4.69, 9.17) is 0 Å². The summed E-state index contributed by atoms with van der Waals surface area (Å²) in [6.07, 6.45) is 12.2. The van der Waals surface area contributed by atoms with Crippen molar-refractivity contribution in [3.8, 4) is 5.75 Å². The molecule has 0 amide bonds. The predicted octanol–water partition coefficient (Wildman–Crippen LogP) is 8.50. The summed E-state index contributed by atoms with van der Waals surface area (Å²) in [5, 5.41) is 20.1. The van der Waals surface area contributed by atoms with E-state index < -0.39 is 10.0 Å². The second kappa shape index (κ2) is 14.1. The van der Waals surface area contributed by atoms with Gasteiger partial charge >= 0.3 is 0 Å². The molecule has 0 aliphatic rings. The van der Waals surface area contributed by atoms with Crippen molar-refractivity contribution >= 4 is 32.2 Å². The molecule has 0 aromatic heterocycles. The van der Waals surface area contributed by atoms with Crippen molar-refractivity contribution in [1.82, 2.24) is 4.31 Å². The van der Waals surface area contributed by atoms with Gasteiger partial charge in [0.15, 0.2) is 0 Å². The lowest BCUT2D eigenvalue weighted by Crippen LogP contribution is -2.28. The fraction of sp³-hybridized carbons (Fsp3) is 0.448. The molecule has 194 valence electrons. The SMILES string of the molecule is CCCCCCCCCCCCN(C)S(=O)(=O)c1ccc2c(N=Nc3ccccc3)c(O)ccc2c1. The van der Waals surface area contributed by atoms with E-state index in [1.54, 1.807) is 31.3 Å². The second-order valence-electron chi connectivity index (χ2n) is 9.36. The Morgan fingerprint density at radius 1 is 0.778 bits per heavy atom. The molecule has 0 spiro atoms. The van der Waals surface area contributed by atoms with Gasteiger partial charge in [-0.2, -0.15) is 5.11 Å². The number of phenolic OH excluding ortho intramolecular Hbond substituents is 1. The zero-order valence-corrected chi connectivity index (χ0v) is 22.4. The highest BCUT2D eigenvalue weighted by Gasteiger charge is 2.21. The summed E-state index contributed by atoms with van der Waals surface area (Å²) >= 11 is 0. The Kier molecular flexibility index (Phi) is 10.9.